The van der Waals surface area contributed by atoms with Crippen molar-refractivity contribution in [3.63, 3.8) is 0 Å². The molecule has 0 aliphatic rings. The number of rotatable bonds is 6. The number of carbonyl (C=O) groups is 2. The van der Waals surface area contributed by atoms with Gasteiger partial charge in [0.25, 0.3) is 0 Å². The van der Waals surface area contributed by atoms with Crippen molar-refractivity contribution in [2.75, 3.05) is 0 Å². The molecule has 0 spiro atoms. The average molecular weight is 296 g/mol. The second kappa shape index (κ2) is 18.2. The third-order valence-electron chi connectivity index (χ3n) is 1.91. The van der Waals surface area contributed by atoms with Crippen LogP contribution in [-0.2, 0) is 9.59 Å². The maximum atomic E-state index is 11.5. The normalized spacial score (nSPS) is 11.3. The molecule has 0 aromatic rings. The summed E-state index contributed by atoms with van der Waals surface area (Å²) < 4.78 is 0. The molecule has 0 aromatic heterocycles. The standard InChI is InChI=1S/C13H20N2O2.2C2H6/c1-5-7-9-12(8-6-2)14-10(3)13(17)15-11(4)16;2*1-2/h5,7-10,14H,1,6H2,2-4H3,(H,15,16,17);2*1-2H3/b9-7-,12-8+;;. The summed E-state index contributed by atoms with van der Waals surface area (Å²) in [5.74, 6) is -0.696. The summed E-state index contributed by atoms with van der Waals surface area (Å²) in [5, 5.41) is 5.25. The zero-order valence-electron chi connectivity index (χ0n) is 14.6. The smallest absolute Gasteiger partial charge is 0.248 e. The van der Waals surface area contributed by atoms with E-state index in [9.17, 15) is 9.59 Å². The highest BCUT2D eigenvalue weighted by Gasteiger charge is 2.13. The molecule has 0 bridgehead atoms. The number of imide groups is 1. The summed E-state index contributed by atoms with van der Waals surface area (Å²) in [6, 6.07) is -0.467. The number of carbonyl (C=O) groups excluding carboxylic acids is 2. The molecular weight excluding hydrogens is 264 g/mol. The lowest BCUT2D eigenvalue weighted by molar-refractivity contribution is -0.130. The molecule has 21 heavy (non-hydrogen) atoms. The van der Waals surface area contributed by atoms with E-state index in [2.05, 4.69) is 17.2 Å². The Kier molecular flexibility index (Phi) is 20.9. The summed E-state index contributed by atoms with van der Waals surface area (Å²) in [4.78, 5) is 22.2. The molecule has 2 amide bonds. The minimum atomic E-state index is -0.467. The summed E-state index contributed by atoms with van der Waals surface area (Å²) >= 11 is 0. The summed E-state index contributed by atoms with van der Waals surface area (Å²) in [5.41, 5.74) is 0.832. The summed E-state index contributed by atoms with van der Waals surface area (Å²) in [7, 11) is 0. The molecular formula is C17H32N2O2. The minimum Gasteiger partial charge on any atom is -0.374 e. The zero-order chi connectivity index (χ0) is 17.3. The van der Waals surface area contributed by atoms with E-state index < -0.39 is 6.04 Å². The zero-order valence-corrected chi connectivity index (χ0v) is 14.6. The van der Waals surface area contributed by atoms with Gasteiger partial charge in [-0.3, -0.25) is 14.9 Å². The molecule has 0 saturated heterocycles. The van der Waals surface area contributed by atoms with Gasteiger partial charge in [-0.15, -0.1) is 0 Å². The molecule has 1 atom stereocenters. The monoisotopic (exact) mass is 296 g/mol. The van der Waals surface area contributed by atoms with Crippen molar-refractivity contribution in [2.45, 2.75) is 60.9 Å². The average Bonchev–Trinajstić information content (AvgIpc) is 2.48. The van der Waals surface area contributed by atoms with Gasteiger partial charge in [0.1, 0.15) is 6.04 Å². The van der Waals surface area contributed by atoms with E-state index in [1.165, 1.54) is 6.92 Å². The van der Waals surface area contributed by atoms with E-state index in [-0.39, 0.29) is 11.8 Å². The van der Waals surface area contributed by atoms with Gasteiger partial charge in [-0.25, -0.2) is 0 Å². The van der Waals surface area contributed by atoms with E-state index in [0.29, 0.717) is 0 Å². The van der Waals surface area contributed by atoms with Crippen molar-refractivity contribution in [1.29, 1.82) is 0 Å². The molecule has 1 unspecified atom stereocenters. The van der Waals surface area contributed by atoms with E-state index in [1.807, 2.05) is 46.8 Å². The van der Waals surface area contributed by atoms with Crippen molar-refractivity contribution in [3.05, 3.63) is 36.6 Å². The Morgan fingerprint density at radius 2 is 1.71 bits per heavy atom. The number of nitrogens with one attached hydrogen (secondary N) is 2. The maximum Gasteiger partial charge on any atom is 0.248 e. The first kappa shape index (κ1) is 24.2. The largest absolute Gasteiger partial charge is 0.374 e. The third-order valence-corrected chi connectivity index (χ3v) is 1.91. The van der Waals surface area contributed by atoms with Crippen molar-refractivity contribution in [1.82, 2.24) is 10.6 Å². The molecule has 4 nitrogen and oxygen atoms in total. The first-order valence-electron chi connectivity index (χ1n) is 7.58. The van der Waals surface area contributed by atoms with Gasteiger partial charge < -0.3 is 5.32 Å². The van der Waals surface area contributed by atoms with Gasteiger partial charge in [0.05, 0.1) is 0 Å². The van der Waals surface area contributed by atoms with Crippen LogP contribution < -0.4 is 10.6 Å². The van der Waals surface area contributed by atoms with Gasteiger partial charge in [-0.05, 0) is 19.4 Å². The molecule has 122 valence electrons. The Morgan fingerprint density at radius 3 is 2.10 bits per heavy atom. The predicted octanol–water partition coefficient (Wildman–Crippen LogP) is 3.72. The second-order valence-corrected chi connectivity index (χ2v) is 3.57. The topological polar surface area (TPSA) is 58.2 Å². The highest BCUT2D eigenvalue weighted by atomic mass is 16.2. The fraction of sp³-hybridized carbons (Fsp3) is 0.529. The van der Waals surface area contributed by atoms with Crippen LogP contribution in [0.1, 0.15) is 54.9 Å². The third kappa shape index (κ3) is 16.1. The number of amides is 2. The van der Waals surface area contributed by atoms with E-state index in [0.717, 1.165) is 12.1 Å². The van der Waals surface area contributed by atoms with Crippen LogP contribution in [0.25, 0.3) is 0 Å². The van der Waals surface area contributed by atoms with Crippen molar-refractivity contribution >= 4 is 11.8 Å². The van der Waals surface area contributed by atoms with Gasteiger partial charge in [0.2, 0.25) is 11.8 Å². The molecule has 0 fully saturated rings. The van der Waals surface area contributed by atoms with Gasteiger partial charge >= 0.3 is 0 Å². The van der Waals surface area contributed by atoms with Crippen LogP contribution in [0.5, 0.6) is 0 Å². The van der Waals surface area contributed by atoms with Gasteiger partial charge in [-0.1, -0.05) is 59.4 Å². The molecule has 0 saturated carbocycles. The highest BCUT2D eigenvalue weighted by Crippen LogP contribution is 1.98. The molecule has 0 radical (unpaired) electrons. The molecule has 2 N–H and O–H groups in total. The Balaban J connectivity index is -0.000000739. The molecule has 0 aliphatic carbocycles. The van der Waals surface area contributed by atoms with Gasteiger partial charge in [0, 0.05) is 12.6 Å². The minimum absolute atomic E-state index is 0.341. The SMILES string of the molecule is C=C/C=C\C(=C/CC)NC(C)C(=O)NC(C)=O.CC.CC. The number of allylic oxidation sites excluding steroid dienone is 4. The summed E-state index contributed by atoms with van der Waals surface area (Å²) in [6.45, 7) is 16.6. The number of hydrogen-bond acceptors (Lipinski definition) is 3. The first-order valence-corrected chi connectivity index (χ1v) is 7.58. The van der Waals surface area contributed by atoms with E-state index in [1.54, 1.807) is 19.1 Å². The highest BCUT2D eigenvalue weighted by molar-refractivity contribution is 5.96. The van der Waals surface area contributed by atoms with Gasteiger partial charge in [0.15, 0.2) is 0 Å². The molecule has 0 rings (SSSR count). The first-order chi connectivity index (χ1) is 10.0. The lowest BCUT2D eigenvalue weighted by Crippen LogP contribution is -2.43. The second-order valence-electron chi connectivity index (χ2n) is 3.57. The molecule has 0 heterocycles. The van der Waals surface area contributed by atoms with Crippen LogP contribution in [0.4, 0.5) is 0 Å². The quantitative estimate of drug-likeness (QED) is 0.734. The van der Waals surface area contributed by atoms with Crippen LogP contribution in [0, 0.1) is 0 Å². The van der Waals surface area contributed by atoms with Crippen LogP contribution >= 0.6 is 0 Å². The van der Waals surface area contributed by atoms with Crippen molar-refractivity contribution in [3.8, 4) is 0 Å². The Bertz CT molecular complexity index is 345. The summed E-state index contributed by atoms with van der Waals surface area (Å²) in [6.07, 6.45) is 8.08. The van der Waals surface area contributed by atoms with Crippen molar-refractivity contribution < 1.29 is 9.59 Å². The van der Waals surface area contributed by atoms with Crippen molar-refractivity contribution in [2.24, 2.45) is 0 Å². The Hall–Kier alpha value is -1.84. The van der Waals surface area contributed by atoms with E-state index in [4.69, 9.17) is 0 Å². The lowest BCUT2D eigenvalue weighted by Gasteiger charge is -2.14. The Morgan fingerprint density at radius 1 is 1.19 bits per heavy atom. The fourth-order valence-electron chi connectivity index (χ4n) is 1.16. The molecule has 4 heteroatoms. The predicted molar refractivity (Wildman–Crippen MR) is 91.8 cm³/mol. The molecule has 0 aromatic carbocycles. The lowest BCUT2D eigenvalue weighted by atomic mass is 10.2. The Labute approximate surface area is 130 Å². The van der Waals surface area contributed by atoms with Crippen LogP contribution in [0.2, 0.25) is 0 Å². The van der Waals surface area contributed by atoms with Crippen LogP contribution in [0.3, 0.4) is 0 Å². The maximum absolute atomic E-state index is 11.5. The van der Waals surface area contributed by atoms with Gasteiger partial charge in [-0.2, -0.15) is 0 Å². The van der Waals surface area contributed by atoms with Crippen LogP contribution in [-0.4, -0.2) is 17.9 Å². The van der Waals surface area contributed by atoms with Crippen LogP contribution in [0.15, 0.2) is 36.6 Å². The number of hydrogen-bond donors (Lipinski definition) is 2. The molecule has 0 aliphatic heterocycles. The fourth-order valence-corrected chi connectivity index (χ4v) is 1.16. The van der Waals surface area contributed by atoms with E-state index >= 15 is 0 Å².